The SMILES string of the molecule is CCCCCCCCCCCCCCOc1ccc(CNC(=O)c2cc[n+](CCC)cc2)cc1C(C)(C)C. The first-order valence-corrected chi connectivity index (χ1v) is 15.4. The number of nitrogens with one attached hydrogen (secondary N) is 1. The van der Waals surface area contributed by atoms with E-state index in [9.17, 15) is 4.79 Å². The molecule has 0 saturated carbocycles. The van der Waals surface area contributed by atoms with E-state index in [0.717, 1.165) is 37.3 Å². The van der Waals surface area contributed by atoms with Gasteiger partial charge < -0.3 is 10.1 Å². The molecule has 0 aliphatic rings. The first kappa shape index (κ1) is 31.9. The van der Waals surface area contributed by atoms with E-state index in [2.05, 4.69) is 62.7 Å². The maximum Gasteiger partial charge on any atom is 0.252 e. The van der Waals surface area contributed by atoms with Gasteiger partial charge in [-0.15, -0.1) is 0 Å². The van der Waals surface area contributed by atoms with Crippen LogP contribution in [0.3, 0.4) is 0 Å². The van der Waals surface area contributed by atoms with Crippen LogP contribution in [0.25, 0.3) is 0 Å². The van der Waals surface area contributed by atoms with Crippen LogP contribution in [-0.4, -0.2) is 12.5 Å². The van der Waals surface area contributed by atoms with Crippen molar-refractivity contribution in [3.63, 3.8) is 0 Å². The maximum atomic E-state index is 12.6. The number of hydrogen-bond acceptors (Lipinski definition) is 2. The van der Waals surface area contributed by atoms with Crippen LogP contribution >= 0.6 is 0 Å². The van der Waals surface area contributed by atoms with Crippen molar-refractivity contribution in [3.8, 4) is 5.75 Å². The van der Waals surface area contributed by atoms with Gasteiger partial charge in [-0.3, -0.25) is 4.79 Å². The number of amides is 1. The van der Waals surface area contributed by atoms with Gasteiger partial charge in [-0.05, 0) is 35.1 Å². The zero-order valence-electron chi connectivity index (χ0n) is 25.1. The molecule has 0 atom stereocenters. The quantitative estimate of drug-likeness (QED) is 0.148. The molecule has 0 aliphatic carbocycles. The minimum absolute atomic E-state index is 0.0295. The van der Waals surface area contributed by atoms with Gasteiger partial charge >= 0.3 is 0 Å². The topological polar surface area (TPSA) is 42.2 Å². The smallest absolute Gasteiger partial charge is 0.252 e. The Balaban J connectivity index is 1.73. The van der Waals surface area contributed by atoms with E-state index in [-0.39, 0.29) is 11.3 Å². The largest absolute Gasteiger partial charge is 0.493 e. The van der Waals surface area contributed by atoms with Crippen LogP contribution in [0.4, 0.5) is 0 Å². The molecule has 1 aromatic heterocycles. The lowest BCUT2D eigenvalue weighted by molar-refractivity contribution is -0.697. The van der Waals surface area contributed by atoms with Crippen LogP contribution in [-0.2, 0) is 18.5 Å². The van der Waals surface area contributed by atoms with E-state index < -0.39 is 0 Å². The zero-order valence-corrected chi connectivity index (χ0v) is 25.1. The lowest BCUT2D eigenvalue weighted by Gasteiger charge is -2.24. The standard InChI is InChI=1S/C34H54N2O2/c1-6-8-9-10-11-12-13-14-15-16-17-18-26-38-32-20-19-29(27-31(32)34(3,4)5)28-35-33(37)30-21-24-36(23-7-2)25-22-30/h19-22,24-25,27H,6-18,23,26,28H2,1-5H3/p+1. The lowest BCUT2D eigenvalue weighted by Crippen LogP contribution is -2.33. The molecule has 0 spiro atoms. The minimum atomic E-state index is -0.0433. The van der Waals surface area contributed by atoms with Gasteiger partial charge in [-0.25, -0.2) is 4.57 Å². The normalized spacial score (nSPS) is 11.5. The third-order valence-corrected chi connectivity index (χ3v) is 7.20. The molecule has 4 heteroatoms. The Kier molecular flexibility index (Phi) is 15.1. The molecule has 0 radical (unpaired) electrons. The van der Waals surface area contributed by atoms with E-state index in [1.54, 1.807) is 0 Å². The van der Waals surface area contributed by atoms with Gasteiger partial charge in [0.1, 0.15) is 12.3 Å². The van der Waals surface area contributed by atoms with E-state index >= 15 is 0 Å². The third-order valence-electron chi connectivity index (χ3n) is 7.20. The molecule has 2 rings (SSSR count). The molecule has 0 bridgehead atoms. The Morgan fingerprint density at radius 1 is 0.789 bits per heavy atom. The van der Waals surface area contributed by atoms with Crippen molar-refractivity contribution in [1.82, 2.24) is 5.32 Å². The molecule has 2 aromatic rings. The first-order valence-electron chi connectivity index (χ1n) is 15.4. The summed E-state index contributed by atoms with van der Waals surface area (Å²) in [5.41, 5.74) is 2.95. The van der Waals surface area contributed by atoms with Crippen LogP contribution < -0.4 is 14.6 Å². The van der Waals surface area contributed by atoms with Gasteiger partial charge in [0.25, 0.3) is 5.91 Å². The Bertz CT molecular complexity index is 915. The van der Waals surface area contributed by atoms with Gasteiger partial charge in [-0.2, -0.15) is 0 Å². The van der Waals surface area contributed by atoms with Crippen LogP contribution in [0.15, 0.2) is 42.7 Å². The summed E-state index contributed by atoms with van der Waals surface area (Å²) in [6, 6.07) is 10.1. The van der Waals surface area contributed by atoms with Crippen molar-refractivity contribution < 1.29 is 14.1 Å². The zero-order chi connectivity index (χ0) is 27.6. The van der Waals surface area contributed by atoms with E-state index in [1.165, 1.54) is 76.2 Å². The monoisotopic (exact) mass is 523 g/mol. The highest BCUT2D eigenvalue weighted by atomic mass is 16.5. The van der Waals surface area contributed by atoms with E-state index in [0.29, 0.717) is 12.1 Å². The molecular formula is C34H55N2O2+. The van der Waals surface area contributed by atoms with Crippen molar-refractivity contribution >= 4 is 5.91 Å². The average Bonchev–Trinajstić information content (AvgIpc) is 2.90. The number of aromatic nitrogens is 1. The molecule has 1 aromatic carbocycles. The Hall–Kier alpha value is -2.36. The fraction of sp³-hybridized carbons (Fsp3) is 0.647. The number of carbonyl (C=O) groups excluding carboxylic acids is 1. The highest BCUT2D eigenvalue weighted by Gasteiger charge is 2.20. The molecule has 0 unspecified atom stereocenters. The second-order valence-corrected chi connectivity index (χ2v) is 11.8. The summed E-state index contributed by atoms with van der Waals surface area (Å²) in [6.45, 7) is 13.3. The highest BCUT2D eigenvalue weighted by Crippen LogP contribution is 2.32. The number of pyridine rings is 1. The van der Waals surface area contributed by atoms with Gasteiger partial charge in [0.05, 0.1) is 12.2 Å². The van der Waals surface area contributed by atoms with Gasteiger partial charge in [-0.1, -0.05) is 111 Å². The molecule has 1 amide bonds. The van der Waals surface area contributed by atoms with Crippen molar-refractivity contribution in [2.24, 2.45) is 0 Å². The Morgan fingerprint density at radius 3 is 1.92 bits per heavy atom. The average molecular weight is 524 g/mol. The van der Waals surface area contributed by atoms with Crippen molar-refractivity contribution in [3.05, 3.63) is 59.4 Å². The molecule has 1 heterocycles. The summed E-state index contributed by atoms with van der Waals surface area (Å²) in [7, 11) is 0. The molecule has 212 valence electrons. The molecule has 1 N–H and O–H groups in total. The van der Waals surface area contributed by atoms with Crippen molar-refractivity contribution in [2.45, 2.75) is 137 Å². The number of hydrogen-bond donors (Lipinski definition) is 1. The summed E-state index contributed by atoms with van der Waals surface area (Å²) in [5, 5.41) is 3.07. The highest BCUT2D eigenvalue weighted by molar-refractivity contribution is 5.93. The fourth-order valence-corrected chi connectivity index (χ4v) is 4.82. The number of ether oxygens (including phenoxy) is 1. The number of carbonyl (C=O) groups is 1. The number of unbranched alkanes of at least 4 members (excludes halogenated alkanes) is 11. The number of benzene rings is 1. The molecule has 4 nitrogen and oxygen atoms in total. The summed E-state index contributed by atoms with van der Waals surface area (Å²) in [6.07, 6.45) is 21.2. The van der Waals surface area contributed by atoms with Crippen molar-refractivity contribution in [1.29, 1.82) is 0 Å². The predicted octanol–water partition coefficient (Wildman–Crippen LogP) is 8.69. The van der Waals surface area contributed by atoms with E-state index in [4.69, 9.17) is 4.74 Å². The second-order valence-electron chi connectivity index (χ2n) is 11.8. The number of aryl methyl sites for hydroxylation is 1. The molecule has 0 fully saturated rings. The Morgan fingerprint density at radius 2 is 1.37 bits per heavy atom. The first-order chi connectivity index (χ1) is 18.3. The maximum absolute atomic E-state index is 12.6. The van der Waals surface area contributed by atoms with Crippen LogP contribution in [0.5, 0.6) is 5.75 Å². The molecule has 38 heavy (non-hydrogen) atoms. The molecule has 0 saturated heterocycles. The second kappa shape index (κ2) is 18.0. The summed E-state index contributed by atoms with van der Waals surface area (Å²) < 4.78 is 8.35. The summed E-state index contributed by atoms with van der Waals surface area (Å²) in [5.74, 6) is 0.928. The summed E-state index contributed by atoms with van der Waals surface area (Å²) >= 11 is 0. The lowest BCUT2D eigenvalue weighted by atomic mass is 9.85. The van der Waals surface area contributed by atoms with Crippen molar-refractivity contribution in [2.75, 3.05) is 6.61 Å². The van der Waals surface area contributed by atoms with Crippen LogP contribution in [0, 0.1) is 0 Å². The van der Waals surface area contributed by atoms with Crippen LogP contribution in [0.1, 0.15) is 140 Å². The number of nitrogens with zero attached hydrogens (tertiary/aromatic N) is 1. The van der Waals surface area contributed by atoms with E-state index in [1.807, 2.05) is 24.5 Å². The van der Waals surface area contributed by atoms with Gasteiger partial charge in [0, 0.05) is 25.1 Å². The Labute approximate surface area is 233 Å². The van der Waals surface area contributed by atoms with Crippen LogP contribution in [0.2, 0.25) is 0 Å². The van der Waals surface area contributed by atoms with Gasteiger partial charge in [0.15, 0.2) is 12.4 Å². The predicted molar refractivity (Wildman–Crippen MR) is 160 cm³/mol. The third kappa shape index (κ3) is 12.5. The fourth-order valence-electron chi connectivity index (χ4n) is 4.82. The molecular weight excluding hydrogens is 468 g/mol. The van der Waals surface area contributed by atoms with Gasteiger partial charge in [0.2, 0.25) is 0 Å². The summed E-state index contributed by atoms with van der Waals surface area (Å²) in [4.78, 5) is 12.6. The molecule has 0 aliphatic heterocycles. The minimum Gasteiger partial charge on any atom is -0.493 e. The number of rotatable bonds is 19.